The Bertz CT molecular complexity index is 524. The summed E-state index contributed by atoms with van der Waals surface area (Å²) in [6, 6.07) is -0.729. The summed E-state index contributed by atoms with van der Waals surface area (Å²) in [7, 11) is 3.47. The van der Waals surface area contributed by atoms with E-state index in [2.05, 4.69) is 21.3 Å². The summed E-state index contributed by atoms with van der Waals surface area (Å²) >= 11 is 0. The van der Waals surface area contributed by atoms with Gasteiger partial charge < -0.3 is 10.1 Å². The molecule has 1 aliphatic heterocycles. The molecular formula is C19H34F2N4O2. The van der Waals surface area contributed by atoms with Crippen LogP contribution in [0.1, 0.15) is 58.3 Å². The minimum Gasteiger partial charge on any atom is -0.379 e. The fraction of sp³-hybridized carbons (Fsp3) is 0.947. The Morgan fingerprint density at radius 2 is 2.00 bits per heavy atom. The third kappa shape index (κ3) is 4.96. The minimum atomic E-state index is -1.49. The average Bonchev–Trinajstić information content (AvgIpc) is 2.56. The molecule has 1 amide bonds. The standard InChI is InChI=1S/C19H34F2N4O2/c1-18(21)10-12(20)9-13(11-18)23-15-6-5-14(27-3)16(24-15)17(26)25-19(22-2)7-4-8-19/h12-16,22-24H,4-11H2,1-3H3,(H,25,26). The monoisotopic (exact) mass is 388 g/mol. The summed E-state index contributed by atoms with van der Waals surface area (Å²) in [5.41, 5.74) is -1.81. The molecular weight excluding hydrogens is 354 g/mol. The molecule has 0 radical (unpaired) electrons. The predicted molar refractivity (Wildman–Crippen MR) is 99.7 cm³/mol. The molecule has 0 spiro atoms. The van der Waals surface area contributed by atoms with Gasteiger partial charge in [0.1, 0.15) is 17.9 Å². The van der Waals surface area contributed by atoms with Gasteiger partial charge in [-0.3, -0.25) is 20.7 Å². The van der Waals surface area contributed by atoms with E-state index in [1.807, 2.05) is 7.05 Å². The van der Waals surface area contributed by atoms with E-state index in [1.54, 1.807) is 7.11 Å². The Kier molecular flexibility index (Phi) is 6.40. The zero-order chi connectivity index (χ0) is 19.7. The van der Waals surface area contributed by atoms with Crippen molar-refractivity contribution in [3.05, 3.63) is 0 Å². The van der Waals surface area contributed by atoms with Crippen LogP contribution >= 0.6 is 0 Å². The smallest absolute Gasteiger partial charge is 0.241 e. The summed E-state index contributed by atoms with van der Waals surface area (Å²) in [4.78, 5) is 12.9. The number of hydrogen-bond donors (Lipinski definition) is 4. The van der Waals surface area contributed by atoms with E-state index in [0.717, 1.165) is 25.7 Å². The van der Waals surface area contributed by atoms with Crippen LogP contribution in [0.4, 0.5) is 8.78 Å². The van der Waals surface area contributed by atoms with Crippen LogP contribution in [0.3, 0.4) is 0 Å². The van der Waals surface area contributed by atoms with Crippen molar-refractivity contribution in [1.82, 2.24) is 21.3 Å². The first-order valence-corrected chi connectivity index (χ1v) is 10.1. The highest BCUT2D eigenvalue weighted by atomic mass is 19.2. The molecule has 6 nitrogen and oxygen atoms in total. The van der Waals surface area contributed by atoms with Gasteiger partial charge in [-0.1, -0.05) is 0 Å². The molecule has 156 valence electrons. The molecule has 0 bridgehead atoms. The first-order valence-electron chi connectivity index (χ1n) is 10.1. The lowest BCUT2D eigenvalue weighted by Gasteiger charge is -2.45. The lowest BCUT2D eigenvalue weighted by atomic mass is 9.83. The number of ether oxygens (including phenoxy) is 1. The van der Waals surface area contributed by atoms with Gasteiger partial charge in [0.05, 0.1) is 17.9 Å². The van der Waals surface area contributed by atoms with Crippen LogP contribution in [-0.2, 0) is 9.53 Å². The molecule has 4 N–H and O–H groups in total. The van der Waals surface area contributed by atoms with Crippen molar-refractivity contribution < 1.29 is 18.3 Å². The lowest BCUT2D eigenvalue weighted by molar-refractivity contribution is -0.132. The number of halogens is 2. The number of piperidine rings is 1. The number of rotatable bonds is 6. The first kappa shape index (κ1) is 20.9. The molecule has 0 aromatic heterocycles. The van der Waals surface area contributed by atoms with Crippen LogP contribution in [-0.4, -0.2) is 61.9 Å². The van der Waals surface area contributed by atoms with Gasteiger partial charge in [-0.05, 0) is 58.9 Å². The van der Waals surface area contributed by atoms with Gasteiger partial charge in [0, 0.05) is 19.6 Å². The van der Waals surface area contributed by atoms with Crippen LogP contribution in [0.15, 0.2) is 0 Å². The van der Waals surface area contributed by atoms with Crippen molar-refractivity contribution in [2.75, 3.05) is 14.2 Å². The number of carbonyl (C=O) groups is 1. The lowest BCUT2D eigenvalue weighted by Crippen LogP contribution is -2.69. The second-order valence-electron chi connectivity index (χ2n) is 8.74. The van der Waals surface area contributed by atoms with Crippen LogP contribution in [0.2, 0.25) is 0 Å². The van der Waals surface area contributed by atoms with Crippen LogP contribution in [0.5, 0.6) is 0 Å². The van der Waals surface area contributed by atoms with Gasteiger partial charge >= 0.3 is 0 Å². The number of amides is 1. The van der Waals surface area contributed by atoms with Gasteiger partial charge in [-0.25, -0.2) is 8.78 Å². The maximum Gasteiger partial charge on any atom is 0.241 e. The van der Waals surface area contributed by atoms with Gasteiger partial charge in [-0.2, -0.15) is 0 Å². The minimum absolute atomic E-state index is 0.0356. The zero-order valence-corrected chi connectivity index (χ0v) is 16.6. The summed E-state index contributed by atoms with van der Waals surface area (Å²) < 4.78 is 33.7. The molecule has 0 aromatic rings. The van der Waals surface area contributed by atoms with Crippen molar-refractivity contribution in [3.63, 3.8) is 0 Å². The number of methoxy groups -OCH3 is 1. The topological polar surface area (TPSA) is 74.4 Å². The van der Waals surface area contributed by atoms with Crippen molar-refractivity contribution in [2.45, 2.75) is 100 Å². The van der Waals surface area contributed by atoms with E-state index in [1.165, 1.54) is 6.92 Å². The van der Waals surface area contributed by atoms with Crippen LogP contribution in [0, 0.1) is 0 Å². The quantitative estimate of drug-likeness (QED) is 0.519. The Labute approximate surface area is 160 Å². The number of hydrogen-bond acceptors (Lipinski definition) is 5. The molecule has 1 heterocycles. The number of alkyl halides is 2. The Hall–Kier alpha value is -0.830. The summed E-state index contributed by atoms with van der Waals surface area (Å²) in [5.74, 6) is -0.0928. The fourth-order valence-electron chi connectivity index (χ4n) is 4.76. The SMILES string of the molecule is CNC1(NC(=O)C2NC(NC3CC(F)CC(C)(F)C3)CCC2OC)CCC1. The maximum absolute atomic E-state index is 14.3. The molecule has 27 heavy (non-hydrogen) atoms. The Morgan fingerprint density at radius 1 is 1.26 bits per heavy atom. The van der Waals surface area contributed by atoms with E-state index in [-0.39, 0.29) is 36.3 Å². The second-order valence-corrected chi connectivity index (χ2v) is 8.74. The van der Waals surface area contributed by atoms with Gasteiger partial charge in [0.15, 0.2) is 0 Å². The highest BCUT2D eigenvalue weighted by Crippen LogP contribution is 2.34. The van der Waals surface area contributed by atoms with Crippen LogP contribution in [0.25, 0.3) is 0 Å². The maximum atomic E-state index is 14.3. The molecule has 3 aliphatic rings. The van der Waals surface area contributed by atoms with Gasteiger partial charge in [0.25, 0.3) is 0 Å². The number of nitrogens with one attached hydrogen (secondary N) is 4. The Morgan fingerprint density at radius 3 is 2.56 bits per heavy atom. The summed E-state index contributed by atoms with van der Waals surface area (Å²) in [6.07, 6.45) is 3.43. The highest BCUT2D eigenvalue weighted by Gasteiger charge is 2.43. The van der Waals surface area contributed by atoms with Crippen molar-refractivity contribution in [1.29, 1.82) is 0 Å². The zero-order valence-electron chi connectivity index (χ0n) is 16.6. The van der Waals surface area contributed by atoms with Gasteiger partial charge in [-0.15, -0.1) is 0 Å². The van der Waals surface area contributed by atoms with Crippen molar-refractivity contribution >= 4 is 5.91 Å². The third-order valence-corrected chi connectivity index (χ3v) is 6.42. The largest absolute Gasteiger partial charge is 0.379 e. The third-order valence-electron chi connectivity index (χ3n) is 6.42. The average molecular weight is 389 g/mol. The van der Waals surface area contributed by atoms with E-state index in [9.17, 15) is 13.6 Å². The molecule has 0 aromatic carbocycles. The summed E-state index contributed by atoms with van der Waals surface area (Å²) in [6.45, 7) is 1.47. The predicted octanol–water partition coefficient (Wildman–Crippen LogP) is 1.50. The second kappa shape index (κ2) is 8.27. The van der Waals surface area contributed by atoms with E-state index in [4.69, 9.17) is 4.74 Å². The molecule has 8 heteroatoms. The van der Waals surface area contributed by atoms with Crippen molar-refractivity contribution in [2.24, 2.45) is 0 Å². The van der Waals surface area contributed by atoms with E-state index < -0.39 is 17.9 Å². The van der Waals surface area contributed by atoms with Gasteiger partial charge in [0.2, 0.25) is 5.91 Å². The molecule has 2 aliphatic carbocycles. The first-order chi connectivity index (χ1) is 12.8. The van der Waals surface area contributed by atoms with Crippen molar-refractivity contribution in [3.8, 4) is 0 Å². The summed E-state index contributed by atoms with van der Waals surface area (Å²) in [5, 5.41) is 13.0. The molecule has 3 rings (SSSR count). The molecule has 2 saturated carbocycles. The normalized spacial score (nSPS) is 41.6. The molecule has 3 fully saturated rings. The van der Waals surface area contributed by atoms with Crippen LogP contribution < -0.4 is 21.3 Å². The molecule has 6 atom stereocenters. The molecule has 1 saturated heterocycles. The Balaban J connectivity index is 1.60. The molecule has 6 unspecified atom stereocenters. The van der Waals surface area contributed by atoms with E-state index in [0.29, 0.717) is 19.3 Å². The number of carbonyl (C=O) groups excluding carboxylic acids is 1. The fourth-order valence-corrected chi connectivity index (χ4v) is 4.76. The highest BCUT2D eigenvalue weighted by molar-refractivity contribution is 5.83. The van der Waals surface area contributed by atoms with E-state index >= 15 is 0 Å².